The fourth-order valence-corrected chi connectivity index (χ4v) is 3.81. The number of carboxylic acid groups (broad SMARTS) is 1. The van der Waals surface area contributed by atoms with Crippen LogP contribution < -0.4 is 0 Å². The average molecular weight is 293 g/mol. The second-order valence-electron chi connectivity index (χ2n) is 5.81. The van der Waals surface area contributed by atoms with Crippen LogP contribution in [0.25, 0.3) is 0 Å². The molecule has 2 aliphatic carbocycles. The van der Waals surface area contributed by atoms with Crippen molar-refractivity contribution in [3.63, 3.8) is 0 Å². The van der Waals surface area contributed by atoms with Crippen molar-refractivity contribution in [2.24, 2.45) is 0 Å². The molecule has 0 saturated heterocycles. The van der Waals surface area contributed by atoms with Gasteiger partial charge in [-0.1, -0.05) is 30.9 Å². The number of hydrogen-bond acceptors (Lipinski definition) is 2. The second kappa shape index (κ2) is 5.21. The Morgan fingerprint density at radius 3 is 2.50 bits per heavy atom. The Bertz CT molecular complexity index is 573. The van der Waals surface area contributed by atoms with Crippen LogP contribution in [-0.4, -0.2) is 16.9 Å². The second-order valence-corrected chi connectivity index (χ2v) is 6.22. The van der Waals surface area contributed by atoms with Crippen LogP contribution in [0.1, 0.15) is 71.8 Å². The van der Waals surface area contributed by atoms with Gasteiger partial charge >= 0.3 is 5.97 Å². The van der Waals surface area contributed by atoms with Gasteiger partial charge in [-0.05, 0) is 42.0 Å². The summed E-state index contributed by atoms with van der Waals surface area (Å²) in [6.07, 6.45) is 5.94. The minimum absolute atomic E-state index is 0.0646. The Morgan fingerprint density at radius 2 is 1.85 bits per heavy atom. The number of aliphatic carboxylic acids is 1. The van der Waals surface area contributed by atoms with Gasteiger partial charge in [0.25, 0.3) is 0 Å². The summed E-state index contributed by atoms with van der Waals surface area (Å²) in [6, 6.07) is 3.57. The topological polar surface area (TPSA) is 54.4 Å². The molecule has 1 aromatic rings. The largest absolute Gasteiger partial charge is 0.481 e. The molecule has 4 heteroatoms. The maximum atomic E-state index is 12.0. The highest BCUT2D eigenvalue weighted by Crippen LogP contribution is 2.42. The van der Waals surface area contributed by atoms with Crippen molar-refractivity contribution < 1.29 is 14.7 Å². The molecule has 3 rings (SSSR count). The van der Waals surface area contributed by atoms with Crippen LogP contribution in [0.15, 0.2) is 12.1 Å². The van der Waals surface area contributed by atoms with Crippen LogP contribution in [0.4, 0.5) is 0 Å². The third-order valence-corrected chi connectivity index (χ3v) is 4.90. The molecule has 0 bridgehead atoms. The van der Waals surface area contributed by atoms with Gasteiger partial charge in [0.15, 0.2) is 5.78 Å². The van der Waals surface area contributed by atoms with E-state index >= 15 is 0 Å². The zero-order chi connectivity index (χ0) is 14.3. The van der Waals surface area contributed by atoms with Gasteiger partial charge in [-0.15, -0.1) is 0 Å². The fraction of sp³-hybridized carbons (Fsp3) is 0.500. The van der Waals surface area contributed by atoms with Crippen molar-refractivity contribution in [3.8, 4) is 0 Å². The maximum Gasteiger partial charge on any atom is 0.311 e. The molecule has 1 saturated carbocycles. The Morgan fingerprint density at radius 1 is 1.15 bits per heavy atom. The van der Waals surface area contributed by atoms with E-state index in [2.05, 4.69) is 0 Å². The van der Waals surface area contributed by atoms with Gasteiger partial charge in [-0.3, -0.25) is 9.59 Å². The summed E-state index contributed by atoms with van der Waals surface area (Å²) in [4.78, 5) is 23.2. The first kappa shape index (κ1) is 13.6. The average Bonchev–Trinajstić information content (AvgIpc) is 2.76. The number of benzene rings is 1. The van der Waals surface area contributed by atoms with Gasteiger partial charge in [-0.25, -0.2) is 0 Å². The van der Waals surface area contributed by atoms with E-state index in [0.717, 1.165) is 18.4 Å². The number of carboxylic acids is 1. The molecule has 1 atom stereocenters. The van der Waals surface area contributed by atoms with Crippen molar-refractivity contribution in [1.82, 2.24) is 0 Å². The monoisotopic (exact) mass is 292 g/mol. The fourth-order valence-electron chi connectivity index (χ4n) is 3.49. The SMILES string of the molecule is O=C1CC(C(=O)O)c2cc(Cl)c(C3CCCCC3)cc21. The molecule has 1 fully saturated rings. The van der Waals surface area contributed by atoms with Gasteiger partial charge in [-0.2, -0.15) is 0 Å². The Balaban J connectivity index is 2.02. The number of fused-ring (bicyclic) bond motifs is 1. The van der Waals surface area contributed by atoms with E-state index in [9.17, 15) is 14.7 Å². The van der Waals surface area contributed by atoms with E-state index in [1.807, 2.05) is 6.07 Å². The predicted molar refractivity (Wildman–Crippen MR) is 76.6 cm³/mol. The van der Waals surface area contributed by atoms with Gasteiger partial charge in [0.2, 0.25) is 0 Å². The summed E-state index contributed by atoms with van der Waals surface area (Å²) in [5.74, 6) is -1.33. The molecular formula is C16H17ClO3. The smallest absolute Gasteiger partial charge is 0.311 e. The van der Waals surface area contributed by atoms with Crippen LogP contribution in [0.2, 0.25) is 5.02 Å². The van der Waals surface area contributed by atoms with Crippen LogP contribution in [0.3, 0.4) is 0 Å². The van der Waals surface area contributed by atoms with Gasteiger partial charge in [0.1, 0.15) is 0 Å². The summed E-state index contributed by atoms with van der Waals surface area (Å²) in [7, 11) is 0. The van der Waals surface area contributed by atoms with Gasteiger partial charge in [0, 0.05) is 17.0 Å². The maximum absolute atomic E-state index is 12.0. The highest BCUT2D eigenvalue weighted by molar-refractivity contribution is 6.31. The molecule has 1 aromatic carbocycles. The van der Waals surface area contributed by atoms with E-state index in [1.165, 1.54) is 19.3 Å². The molecule has 3 nitrogen and oxygen atoms in total. The van der Waals surface area contributed by atoms with E-state index in [-0.39, 0.29) is 12.2 Å². The van der Waals surface area contributed by atoms with Crippen LogP contribution in [-0.2, 0) is 4.79 Å². The van der Waals surface area contributed by atoms with Crippen molar-refractivity contribution in [1.29, 1.82) is 0 Å². The summed E-state index contributed by atoms with van der Waals surface area (Å²) in [6.45, 7) is 0. The molecule has 20 heavy (non-hydrogen) atoms. The van der Waals surface area contributed by atoms with Crippen molar-refractivity contribution in [3.05, 3.63) is 33.8 Å². The normalized spacial score (nSPS) is 22.9. The minimum atomic E-state index is -0.946. The highest BCUT2D eigenvalue weighted by Gasteiger charge is 2.35. The molecule has 0 spiro atoms. The van der Waals surface area contributed by atoms with Crippen molar-refractivity contribution in [2.75, 3.05) is 0 Å². The van der Waals surface area contributed by atoms with E-state index in [1.54, 1.807) is 6.07 Å². The Labute approximate surface area is 122 Å². The lowest BCUT2D eigenvalue weighted by atomic mass is 9.83. The first-order valence-electron chi connectivity index (χ1n) is 7.17. The first-order chi connectivity index (χ1) is 9.58. The molecular weight excluding hydrogens is 276 g/mol. The highest BCUT2D eigenvalue weighted by atomic mass is 35.5. The molecule has 0 heterocycles. The van der Waals surface area contributed by atoms with Crippen molar-refractivity contribution in [2.45, 2.75) is 50.4 Å². The summed E-state index contributed by atoms with van der Waals surface area (Å²) in [5, 5.41) is 9.81. The number of ketones is 1. The summed E-state index contributed by atoms with van der Waals surface area (Å²) in [5.41, 5.74) is 2.19. The minimum Gasteiger partial charge on any atom is -0.481 e. The van der Waals surface area contributed by atoms with Crippen LogP contribution >= 0.6 is 11.6 Å². The number of hydrogen-bond donors (Lipinski definition) is 1. The van der Waals surface area contributed by atoms with E-state index in [4.69, 9.17) is 11.6 Å². The number of halogens is 1. The van der Waals surface area contributed by atoms with E-state index < -0.39 is 11.9 Å². The summed E-state index contributed by atoms with van der Waals surface area (Å²) >= 11 is 6.35. The van der Waals surface area contributed by atoms with Gasteiger partial charge < -0.3 is 5.11 Å². The number of Topliss-reactive ketones (excluding diaryl/α,β-unsaturated/α-hetero) is 1. The quantitative estimate of drug-likeness (QED) is 0.891. The molecule has 0 radical (unpaired) electrons. The number of carbonyl (C=O) groups is 2. The molecule has 0 aliphatic heterocycles. The van der Waals surface area contributed by atoms with Crippen molar-refractivity contribution >= 4 is 23.4 Å². The molecule has 106 valence electrons. The number of carbonyl (C=O) groups excluding carboxylic acids is 1. The standard InChI is InChI=1S/C16H17ClO3/c17-14-7-11-12(15(18)8-13(11)16(19)20)6-10(14)9-4-2-1-3-5-9/h6-7,9,13H,1-5,8H2,(H,19,20). The molecule has 0 aromatic heterocycles. The third kappa shape index (κ3) is 2.24. The zero-order valence-electron chi connectivity index (χ0n) is 11.2. The Kier molecular flexibility index (Phi) is 3.55. The lowest BCUT2D eigenvalue weighted by Gasteiger charge is -2.23. The molecule has 1 N–H and O–H groups in total. The Hall–Kier alpha value is -1.35. The lowest BCUT2D eigenvalue weighted by molar-refractivity contribution is -0.138. The van der Waals surface area contributed by atoms with Crippen LogP contribution in [0, 0.1) is 0 Å². The molecule has 1 unspecified atom stereocenters. The molecule has 0 amide bonds. The summed E-state index contributed by atoms with van der Waals surface area (Å²) < 4.78 is 0. The number of rotatable bonds is 2. The lowest BCUT2D eigenvalue weighted by Crippen LogP contribution is -2.09. The van der Waals surface area contributed by atoms with Gasteiger partial charge in [0.05, 0.1) is 5.92 Å². The first-order valence-corrected chi connectivity index (χ1v) is 7.55. The third-order valence-electron chi connectivity index (χ3n) is 4.58. The van der Waals surface area contributed by atoms with Crippen LogP contribution in [0.5, 0.6) is 0 Å². The molecule has 2 aliphatic rings. The predicted octanol–water partition coefficient (Wildman–Crippen LogP) is 4.14. The van der Waals surface area contributed by atoms with E-state index in [0.29, 0.717) is 22.1 Å². The zero-order valence-corrected chi connectivity index (χ0v) is 11.9.